The fraction of sp³-hybridized carbons (Fsp3) is 0.923. The maximum Gasteiger partial charge on any atom is 0.305 e. The molecule has 0 aromatic rings. The van der Waals surface area contributed by atoms with Crippen LogP contribution in [0, 0.1) is 47.3 Å². The molecule has 5 saturated carbocycles. The molecule has 0 amide bonds. The molecule has 7 fully saturated rings. The van der Waals surface area contributed by atoms with Crippen LogP contribution in [0.25, 0.3) is 0 Å². The van der Waals surface area contributed by atoms with Gasteiger partial charge in [-0.25, -0.2) is 0 Å². The minimum absolute atomic E-state index is 0.145. The van der Waals surface area contributed by atoms with Crippen molar-refractivity contribution in [2.75, 3.05) is 0 Å². The van der Waals surface area contributed by atoms with Gasteiger partial charge in [0.05, 0.1) is 6.10 Å². The molecular formula is C13H14O3. The van der Waals surface area contributed by atoms with E-state index < -0.39 is 5.79 Å². The maximum absolute atomic E-state index is 11.4. The zero-order valence-corrected chi connectivity index (χ0v) is 9.13. The number of rotatable bonds is 1. The van der Waals surface area contributed by atoms with Crippen molar-refractivity contribution in [1.29, 1.82) is 0 Å². The fourth-order valence-corrected chi connectivity index (χ4v) is 7.31. The van der Waals surface area contributed by atoms with Crippen LogP contribution in [0.1, 0.15) is 13.3 Å². The monoisotopic (exact) mass is 218 g/mol. The molecule has 0 radical (unpaired) electrons. The molecule has 5 aliphatic carbocycles. The summed E-state index contributed by atoms with van der Waals surface area (Å²) in [7, 11) is 0. The molecule has 0 spiro atoms. The van der Waals surface area contributed by atoms with E-state index >= 15 is 0 Å². The highest BCUT2D eigenvalue weighted by molar-refractivity contribution is 5.67. The van der Waals surface area contributed by atoms with Gasteiger partial charge in [0.15, 0.2) is 0 Å². The van der Waals surface area contributed by atoms with Gasteiger partial charge >= 0.3 is 5.97 Å². The number of esters is 1. The van der Waals surface area contributed by atoms with Gasteiger partial charge in [-0.1, -0.05) is 0 Å². The number of hydrogen-bond acceptors (Lipinski definition) is 3. The van der Waals surface area contributed by atoms with Gasteiger partial charge in [0.1, 0.15) is 0 Å². The molecule has 3 nitrogen and oxygen atoms in total. The Morgan fingerprint density at radius 3 is 2.88 bits per heavy atom. The molecule has 7 aliphatic rings. The highest BCUT2D eigenvalue weighted by atomic mass is 16.7. The van der Waals surface area contributed by atoms with Crippen molar-refractivity contribution < 1.29 is 14.3 Å². The molecule has 2 aliphatic heterocycles. The van der Waals surface area contributed by atoms with Crippen molar-refractivity contribution in [1.82, 2.24) is 0 Å². The average molecular weight is 218 g/mol. The molecule has 16 heavy (non-hydrogen) atoms. The van der Waals surface area contributed by atoms with E-state index in [0.29, 0.717) is 17.9 Å². The summed E-state index contributed by atoms with van der Waals surface area (Å²) in [5.74, 6) is 5.71. The molecule has 2 saturated heterocycles. The maximum atomic E-state index is 11.4. The van der Waals surface area contributed by atoms with E-state index in [1.165, 1.54) is 13.3 Å². The van der Waals surface area contributed by atoms with Crippen LogP contribution in [-0.2, 0) is 14.3 Å². The van der Waals surface area contributed by atoms with Gasteiger partial charge in [0.25, 0.3) is 0 Å². The lowest BCUT2D eigenvalue weighted by Gasteiger charge is -2.44. The predicted octanol–water partition coefficient (Wildman–Crippen LogP) is 1.03. The summed E-state index contributed by atoms with van der Waals surface area (Å²) < 4.78 is 11.9. The molecule has 0 aromatic carbocycles. The van der Waals surface area contributed by atoms with Crippen molar-refractivity contribution >= 4 is 5.97 Å². The highest BCUT2D eigenvalue weighted by Crippen LogP contribution is 2.90. The van der Waals surface area contributed by atoms with Crippen LogP contribution in [0.2, 0.25) is 0 Å². The summed E-state index contributed by atoms with van der Waals surface area (Å²) in [5, 5.41) is 0. The molecule has 4 bridgehead atoms. The summed E-state index contributed by atoms with van der Waals surface area (Å²) in [6.45, 7) is 1.53. The van der Waals surface area contributed by atoms with Gasteiger partial charge < -0.3 is 9.47 Å². The van der Waals surface area contributed by atoms with Crippen molar-refractivity contribution in [3.05, 3.63) is 0 Å². The summed E-state index contributed by atoms with van der Waals surface area (Å²) in [6, 6.07) is 0. The quantitative estimate of drug-likeness (QED) is 0.617. The molecule has 10 atom stereocenters. The van der Waals surface area contributed by atoms with E-state index in [9.17, 15) is 4.79 Å². The molecule has 3 heteroatoms. The Labute approximate surface area is 93.5 Å². The first-order chi connectivity index (χ1) is 7.74. The van der Waals surface area contributed by atoms with E-state index in [-0.39, 0.29) is 5.97 Å². The Hall–Kier alpha value is -0.570. The van der Waals surface area contributed by atoms with Gasteiger partial charge in [-0.2, -0.15) is 0 Å². The first-order valence-electron chi connectivity index (χ1n) is 6.61. The Balaban J connectivity index is 1.62. The zero-order valence-electron chi connectivity index (χ0n) is 9.13. The van der Waals surface area contributed by atoms with Crippen molar-refractivity contribution in [3.8, 4) is 0 Å². The molecule has 0 N–H and O–H groups in total. The van der Waals surface area contributed by atoms with Crippen LogP contribution >= 0.6 is 0 Å². The van der Waals surface area contributed by atoms with Crippen molar-refractivity contribution in [3.63, 3.8) is 0 Å². The van der Waals surface area contributed by atoms with Gasteiger partial charge in [-0.15, -0.1) is 0 Å². The predicted molar refractivity (Wildman–Crippen MR) is 51.9 cm³/mol. The second-order valence-electron chi connectivity index (χ2n) is 6.82. The minimum atomic E-state index is -0.442. The van der Waals surface area contributed by atoms with Gasteiger partial charge in [-0.05, 0) is 41.9 Å². The van der Waals surface area contributed by atoms with E-state index in [0.717, 1.165) is 35.5 Å². The summed E-state index contributed by atoms with van der Waals surface area (Å²) in [5.41, 5.74) is 0. The largest absolute Gasteiger partial charge is 0.433 e. The van der Waals surface area contributed by atoms with E-state index in [2.05, 4.69) is 0 Å². The average Bonchev–Trinajstić information content (AvgIpc) is 2.73. The molecule has 4 unspecified atom stereocenters. The minimum Gasteiger partial charge on any atom is -0.433 e. The second kappa shape index (κ2) is 1.76. The SMILES string of the molecule is CC(=O)O[C@]12O[C@@H]3[C@@H]4C1C1C[C@@H]4[C@@H]4C1C2[C@H]34. The number of ether oxygens (including phenoxy) is 2. The van der Waals surface area contributed by atoms with Crippen LogP contribution in [0.3, 0.4) is 0 Å². The second-order valence-corrected chi connectivity index (χ2v) is 6.82. The highest BCUT2D eigenvalue weighted by Gasteiger charge is 2.94. The van der Waals surface area contributed by atoms with Crippen LogP contribution in [0.15, 0.2) is 0 Å². The third kappa shape index (κ3) is 0.430. The smallest absolute Gasteiger partial charge is 0.305 e. The van der Waals surface area contributed by atoms with Gasteiger partial charge in [0, 0.05) is 18.8 Å². The number of carbonyl (C=O) groups excluding carboxylic acids is 1. The van der Waals surface area contributed by atoms with E-state index in [1.807, 2.05) is 0 Å². The lowest BCUT2D eigenvalue weighted by Crippen LogP contribution is -2.50. The molecular weight excluding hydrogens is 204 g/mol. The third-order valence-electron chi connectivity index (χ3n) is 6.93. The Morgan fingerprint density at radius 1 is 1.19 bits per heavy atom. The third-order valence-corrected chi connectivity index (χ3v) is 6.93. The first kappa shape index (κ1) is 7.70. The molecule has 7 rings (SSSR count). The molecule has 84 valence electrons. The Bertz CT molecular complexity index is 450. The molecule has 2 heterocycles. The summed E-state index contributed by atoms with van der Waals surface area (Å²) >= 11 is 0. The lowest BCUT2D eigenvalue weighted by molar-refractivity contribution is -0.228. The van der Waals surface area contributed by atoms with Crippen molar-refractivity contribution in [2.24, 2.45) is 47.3 Å². The lowest BCUT2D eigenvalue weighted by atomic mass is 9.59. The van der Waals surface area contributed by atoms with E-state index in [4.69, 9.17) is 9.47 Å². The zero-order chi connectivity index (χ0) is 10.4. The summed E-state index contributed by atoms with van der Waals surface area (Å²) in [6.07, 6.45) is 1.88. The van der Waals surface area contributed by atoms with Gasteiger partial charge in [-0.3, -0.25) is 4.79 Å². The van der Waals surface area contributed by atoms with E-state index in [1.54, 1.807) is 0 Å². The Kier molecular flexibility index (Phi) is 0.848. The van der Waals surface area contributed by atoms with Crippen molar-refractivity contribution in [2.45, 2.75) is 25.2 Å². The standard InChI is InChI=1S/C13H14O3/c1-3(14)15-13-10-5-2-4-6-7(5)11(13)9(6)12(16-13)8(4)10/h4-12H,2H2,1H3/t4-,5?,6-,7?,8+,9-,10?,11?,12-,13+/m1/s1. The van der Waals surface area contributed by atoms with Crippen LogP contribution in [0.4, 0.5) is 0 Å². The first-order valence-corrected chi connectivity index (χ1v) is 6.61. The number of carbonyl (C=O) groups is 1. The van der Waals surface area contributed by atoms with Crippen LogP contribution in [0.5, 0.6) is 0 Å². The Morgan fingerprint density at radius 2 is 2.06 bits per heavy atom. The van der Waals surface area contributed by atoms with Gasteiger partial charge in [0.2, 0.25) is 5.79 Å². The number of hydrogen-bond donors (Lipinski definition) is 0. The molecule has 0 aromatic heterocycles. The van der Waals surface area contributed by atoms with Crippen LogP contribution < -0.4 is 0 Å². The fourth-order valence-electron chi connectivity index (χ4n) is 7.31. The topological polar surface area (TPSA) is 35.5 Å². The normalized spacial score (nSPS) is 77.7. The summed E-state index contributed by atoms with van der Waals surface area (Å²) in [4.78, 5) is 11.4. The van der Waals surface area contributed by atoms with Crippen LogP contribution in [-0.4, -0.2) is 17.9 Å².